The maximum absolute atomic E-state index is 13.4. The van der Waals surface area contributed by atoms with Crippen LogP contribution in [-0.4, -0.2) is 43.7 Å². The number of aryl methyl sites for hydroxylation is 2. The number of ether oxygens (including phenoxy) is 2. The van der Waals surface area contributed by atoms with E-state index in [9.17, 15) is 4.79 Å². The van der Waals surface area contributed by atoms with E-state index in [-0.39, 0.29) is 11.9 Å². The number of methoxy groups -OCH3 is 1. The van der Waals surface area contributed by atoms with Crippen LogP contribution in [0.3, 0.4) is 0 Å². The van der Waals surface area contributed by atoms with Gasteiger partial charge in [0.2, 0.25) is 0 Å². The normalized spacial score (nSPS) is 21.5. The second-order valence-electron chi connectivity index (χ2n) is 7.35. The van der Waals surface area contributed by atoms with Crippen LogP contribution in [0.5, 0.6) is 11.5 Å². The Morgan fingerprint density at radius 3 is 2.81 bits per heavy atom. The summed E-state index contributed by atoms with van der Waals surface area (Å²) in [4.78, 5) is 15.3. The van der Waals surface area contributed by atoms with E-state index in [0.717, 1.165) is 29.2 Å². The van der Waals surface area contributed by atoms with Crippen LogP contribution >= 0.6 is 0 Å². The molecular formula is C22H26N2O3. The highest BCUT2D eigenvalue weighted by Gasteiger charge is 2.37. The molecule has 0 aliphatic carbocycles. The van der Waals surface area contributed by atoms with Crippen molar-refractivity contribution in [3.8, 4) is 11.5 Å². The van der Waals surface area contributed by atoms with Crippen LogP contribution in [0, 0.1) is 13.8 Å². The van der Waals surface area contributed by atoms with Crippen molar-refractivity contribution in [1.82, 2.24) is 10.2 Å². The zero-order valence-corrected chi connectivity index (χ0v) is 16.1. The molecule has 1 fully saturated rings. The predicted molar refractivity (Wildman–Crippen MR) is 104 cm³/mol. The fraction of sp³-hybridized carbons (Fsp3) is 0.409. The number of para-hydroxylation sites is 1. The number of carbonyl (C=O) groups excluding carboxylic acids is 1. The molecular weight excluding hydrogens is 340 g/mol. The molecule has 1 amide bonds. The molecule has 5 heteroatoms. The highest BCUT2D eigenvalue weighted by Crippen LogP contribution is 2.35. The van der Waals surface area contributed by atoms with Gasteiger partial charge in [-0.15, -0.1) is 0 Å². The van der Waals surface area contributed by atoms with Gasteiger partial charge in [0.1, 0.15) is 11.5 Å². The lowest BCUT2D eigenvalue weighted by atomic mass is 10.00. The molecule has 0 aromatic heterocycles. The maximum Gasteiger partial charge on any atom is 0.264 e. The van der Waals surface area contributed by atoms with Gasteiger partial charge in [-0.25, -0.2) is 0 Å². The van der Waals surface area contributed by atoms with Crippen molar-refractivity contribution >= 4 is 5.91 Å². The van der Waals surface area contributed by atoms with Crippen LogP contribution in [0.1, 0.15) is 28.3 Å². The molecule has 2 aromatic rings. The molecule has 0 saturated carbocycles. The summed E-state index contributed by atoms with van der Waals surface area (Å²) in [5.74, 6) is 1.71. The minimum Gasteiger partial charge on any atom is -0.496 e. The van der Waals surface area contributed by atoms with Crippen LogP contribution < -0.4 is 14.8 Å². The molecule has 1 saturated heterocycles. The third-order valence-electron chi connectivity index (χ3n) is 5.65. The van der Waals surface area contributed by atoms with Gasteiger partial charge in [0, 0.05) is 31.6 Å². The number of piperazine rings is 1. The Labute approximate surface area is 160 Å². The Hall–Kier alpha value is -2.53. The summed E-state index contributed by atoms with van der Waals surface area (Å²) in [7, 11) is 1.67. The monoisotopic (exact) mass is 366 g/mol. The molecule has 1 N–H and O–H groups in total. The average Bonchev–Trinajstić information content (AvgIpc) is 3.10. The standard InChI is InChI=1S/C22H26N2O3/c1-14-10-16-12-21(27-20(16)11-15(14)2)22(25)24-9-8-23-13-18(24)17-6-4-5-7-19(17)26-3/h4-7,10-11,18,21,23H,8-9,12-13H2,1-3H3. The molecule has 2 unspecified atom stereocenters. The number of hydrogen-bond donors (Lipinski definition) is 1. The SMILES string of the molecule is COc1ccccc1C1CNCCN1C(=O)C1Cc2cc(C)c(C)cc2O1. The molecule has 4 rings (SSSR count). The Bertz CT molecular complexity index is 834. The molecule has 27 heavy (non-hydrogen) atoms. The largest absolute Gasteiger partial charge is 0.496 e. The van der Waals surface area contributed by atoms with Crippen LogP contribution in [0.2, 0.25) is 0 Å². The van der Waals surface area contributed by atoms with Gasteiger partial charge < -0.3 is 19.7 Å². The lowest BCUT2D eigenvalue weighted by Crippen LogP contribution is -2.52. The lowest BCUT2D eigenvalue weighted by Gasteiger charge is -2.38. The van der Waals surface area contributed by atoms with Gasteiger partial charge in [-0.3, -0.25) is 4.79 Å². The van der Waals surface area contributed by atoms with E-state index >= 15 is 0 Å². The number of carbonyl (C=O) groups is 1. The smallest absolute Gasteiger partial charge is 0.264 e. The predicted octanol–water partition coefficient (Wildman–Crippen LogP) is 2.79. The molecule has 2 aliphatic heterocycles. The van der Waals surface area contributed by atoms with E-state index in [0.29, 0.717) is 19.5 Å². The summed E-state index contributed by atoms with van der Waals surface area (Å²) in [6.07, 6.45) is 0.189. The summed E-state index contributed by atoms with van der Waals surface area (Å²) in [5, 5.41) is 3.40. The number of nitrogens with one attached hydrogen (secondary N) is 1. The Morgan fingerprint density at radius 2 is 2.00 bits per heavy atom. The quantitative estimate of drug-likeness (QED) is 0.908. The van der Waals surface area contributed by atoms with Gasteiger partial charge in [-0.05, 0) is 42.7 Å². The zero-order chi connectivity index (χ0) is 19.0. The highest BCUT2D eigenvalue weighted by molar-refractivity contribution is 5.83. The van der Waals surface area contributed by atoms with Crippen molar-refractivity contribution in [2.24, 2.45) is 0 Å². The van der Waals surface area contributed by atoms with Crippen molar-refractivity contribution in [1.29, 1.82) is 0 Å². The Balaban J connectivity index is 1.58. The third kappa shape index (κ3) is 3.28. The minimum atomic E-state index is -0.448. The first-order valence-electron chi connectivity index (χ1n) is 9.49. The van der Waals surface area contributed by atoms with Crippen molar-refractivity contribution in [3.63, 3.8) is 0 Å². The first kappa shape index (κ1) is 17.9. The molecule has 2 heterocycles. The molecule has 2 aliphatic rings. The lowest BCUT2D eigenvalue weighted by molar-refractivity contribution is -0.141. The van der Waals surface area contributed by atoms with E-state index < -0.39 is 6.10 Å². The van der Waals surface area contributed by atoms with Crippen molar-refractivity contribution < 1.29 is 14.3 Å². The first-order valence-corrected chi connectivity index (χ1v) is 9.49. The summed E-state index contributed by atoms with van der Waals surface area (Å²) < 4.78 is 11.6. The van der Waals surface area contributed by atoms with E-state index in [4.69, 9.17) is 9.47 Å². The second kappa shape index (κ2) is 7.24. The van der Waals surface area contributed by atoms with Crippen LogP contribution in [-0.2, 0) is 11.2 Å². The van der Waals surface area contributed by atoms with E-state index in [1.165, 1.54) is 11.1 Å². The van der Waals surface area contributed by atoms with Gasteiger partial charge in [-0.1, -0.05) is 24.3 Å². The fourth-order valence-electron chi connectivity index (χ4n) is 4.02. The molecule has 2 atom stereocenters. The molecule has 2 aromatic carbocycles. The molecule has 5 nitrogen and oxygen atoms in total. The number of fused-ring (bicyclic) bond motifs is 1. The Kier molecular flexibility index (Phi) is 4.79. The zero-order valence-electron chi connectivity index (χ0n) is 16.1. The highest BCUT2D eigenvalue weighted by atomic mass is 16.5. The van der Waals surface area contributed by atoms with E-state index in [1.54, 1.807) is 7.11 Å². The number of nitrogens with zero attached hydrogens (tertiary/aromatic N) is 1. The summed E-state index contributed by atoms with van der Waals surface area (Å²) in [5.41, 5.74) is 4.58. The van der Waals surface area contributed by atoms with E-state index in [1.807, 2.05) is 35.2 Å². The number of rotatable bonds is 3. The maximum atomic E-state index is 13.4. The van der Waals surface area contributed by atoms with Gasteiger partial charge in [0.25, 0.3) is 5.91 Å². The van der Waals surface area contributed by atoms with Crippen LogP contribution in [0.4, 0.5) is 0 Å². The van der Waals surface area contributed by atoms with Crippen molar-refractivity contribution in [2.45, 2.75) is 32.4 Å². The van der Waals surface area contributed by atoms with Gasteiger partial charge >= 0.3 is 0 Å². The fourth-order valence-corrected chi connectivity index (χ4v) is 4.02. The first-order chi connectivity index (χ1) is 13.1. The minimum absolute atomic E-state index is 0.0545. The van der Waals surface area contributed by atoms with Crippen LogP contribution in [0.25, 0.3) is 0 Å². The second-order valence-corrected chi connectivity index (χ2v) is 7.35. The van der Waals surface area contributed by atoms with E-state index in [2.05, 4.69) is 25.2 Å². The summed E-state index contributed by atoms with van der Waals surface area (Å²) in [6.45, 7) is 6.33. The van der Waals surface area contributed by atoms with Gasteiger partial charge in [0.05, 0.1) is 13.2 Å². The molecule has 0 bridgehead atoms. The number of amides is 1. The van der Waals surface area contributed by atoms with Crippen molar-refractivity contribution in [2.75, 3.05) is 26.7 Å². The van der Waals surface area contributed by atoms with Crippen molar-refractivity contribution in [3.05, 3.63) is 58.7 Å². The third-order valence-corrected chi connectivity index (χ3v) is 5.65. The Morgan fingerprint density at radius 1 is 1.22 bits per heavy atom. The van der Waals surface area contributed by atoms with Gasteiger partial charge in [0.15, 0.2) is 6.10 Å². The van der Waals surface area contributed by atoms with Gasteiger partial charge in [-0.2, -0.15) is 0 Å². The summed E-state index contributed by atoms with van der Waals surface area (Å²) in [6, 6.07) is 12.1. The number of hydrogen-bond acceptors (Lipinski definition) is 4. The molecule has 0 spiro atoms. The molecule has 0 radical (unpaired) electrons. The number of benzene rings is 2. The topological polar surface area (TPSA) is 50.8 Å². The van der Waals surface area contributed by atoms with Crippen LogP contribution in [0.15, 0.2) is 36.4 Å². The summed E-state index contributed by atoms with van der Waals surface area (Å²) >= 11 is 0. The molecule has 142 valence electrons. The average molecular weight is 366 g/mol.